The molecule has 1 unspecified atom stereocenters. The van der Waals surface area contributed by atoms with Crippen molar-refractivity contribution < 1.29 is 18.0 Å². The van der Waals surface area contributed by atoms with E-state index in [4.69, 9.17) is 0 Å². The second-order valence-corrected chi connectivity index (χ2v) is 8.79. The van der Waals surface area contributed by atoms with E-state index in [0.717, 1.165) is 0 Å². The minimum Gasteiger partial charge on any atom is -0.330 e. The molecule has 2 amide bonds. The van der Waals surface area contributed by atoms with Crippen LogP contribution in [0.3, 0.4) is 0 Å². The SMILES string of the molecule is CC(C(=O)Nc1cccc(NC(=O)C2=CN3CCS(=O)(=O)N=C3C=C2)c1)n1cccn1. The fourth-order valence-corrected chi connectivity index (χ4v) is 4.06. The molecule has 1 aromatic carbocycles. The average Bonchev–Trinajstić information content (AvgIpc) is 3.27. The number of rotatable bonds is 5. The van der Waals surface area contributed by atoms with Crippen LogP contribution in [0.5, 0.6) is 0 Å². The predicted octanol–water partition coefficient (Wildman–Crippen LogP) is 1.52. The van der Waals surface area contributed by atoms with Gasteiger partial charge in [-0.3, -0.25) is 14.3 Å². The highest BCUT2D eigenvalue weighted by atomic mass is 32.2. The first kappa shape index (κ1) is 20.5. The van der Waals surface area contributed by atoms with Gasteiger partial charge in [-0.1, -0.05) is 6.07 Å². The van der Waals surface area contributed by atoms with Gasteiger partial charge in [0.1, 0.15) is 11.9 Å². The van der Waals surface area contributed by atoms with Gasteiger partial charge in [-0.25, -0.2) is 8.42 Å². The van der Waals surface area contributed by atoms with Crippen molar-refractivity contribution in [2.75, 3.05) is 22.9 Å². The van der Waals surface area contributed by atoms with Crippen molar-refractivity contribution in [2.24, 2.45) is 4.40 Å². The van der Waals surface area contributed by atoms with E-state index < -0.39 is 16.1 Å². The van der Waals surface area contributed by atoms with Gasteiger partial charge in [0.25, 0.3) is 15.9 Å². The van der Waals surface area contributed by atoms with Crippen molar-refractivity contribution >= 4 is 39.0 Å². The molecule has 0 aliphatic carbocycles. The number of benzene rings is 1. The van der Waals surface area contributed by atoms with Crippen LogP contribution in [-0.2, 0) is 19.6 Å². The summed E-state index contributed by atoms with van der Waals surface area (Å²) in [6.45, 7) is 1.97. The molecule has 2 aromatic rings. The van der Waals surface area contributed by atoms with Crippen LogP contribution in [0.15, 0.2) is 71.0 Å². The fraction of sp³-hybridized carbons (Fsp3) is 0.200. The highest BCUT2D eigenvalue weighted by molar-refractivity contribution is 7.90. The number of amides is 2. The third-order valence-corrected chi connectivity index (χ3v) is 5.94. The molecular weight excluding hydrogens is 420 g/mol. The zero-order valence-corrected chi connectivity index (χ0v) is 17.4. The molecule has 3 heterocycles. The topological polar surface area (TPSA) is 126 Å². The lowest BCUT2D eigenvalue weighted by molar-refractivity contribution is -0.119. The van der Waals surface area contributed by atoms with Crippen LogP contribution in [0, 0.1) is 0 Å². The minimum absolute atomic E-state index is 0.103. The molecule has 0 spiro atoms. The van der Waals surface area contributed by atoms with E-state index in [2.05, 4.69) is 20.1 Å². The first-order valence-electron chi connectivity index (χ1n) is 9.51. The number of amidine groups is 1. The lowest BCUT2D eigenvalue weighted by Gasteiger charge is -2.26. The van der Waals surface area contributed by atoms with Crippen LogP contribution in [-0.4, -0.2) is 53.0 Å². The third-order valence-electron chi connectivity index (χ3n) is 4.78. The van der Waals surface area contributed by atoms with Crippen molar-refractivity contribution in [1.82, 2.24) is 14.7 Å². The second-order valence-electron chi connectivity index (χ2n) is 7.03. The number of nitrogens with zero attached hydrogens (tertiary/aromatic N) is 4. The lowest BCUT2D eigenvalue weighted by Crippen LogP contribution is -2.37. The quantitative estimate of drug-likeness (QED) is 0.726. The van der Waals surface area contributed by atoms with Crippen LogP contribution in [0.4, 0.5) is 11.4 Å². The van der Waals surface area contributed by atoms with E-state index in [1.54, 1.807) is 65.4 Å². The van der Waals surface area contributed by atoms with Gasteiger partial charge in [0.05, 0.1) is 11.3 Å². The zero-order valence-electron chi connectivity index (χ0n) is 16.6. The van der Waals surface area contributed by atoms with Gasteiger partial charge in [-0.15, -0.1) is 4.40 Å². The summed E-state index contributed by atoms with van der Waals surface area (Å²) in [6, 6.07) is 8.05. The summed E-state index contributed by atoms with van der Waals surface area (Å²) in [5, 5.41) is 9.65. The van der Waals surface area contributed by atoms with Crippen LogP contribution in [0.2, 0.25) is 0 Å². The van der Waals surface area contributed by atoms with E-state index in [1.165, 1.54) is 12.2 Å². The van der Waals surface area contributed by atoms with Crippen molar-refractivity contribution in [1.29, 1.82) is 0 Å². The molecule has 0 saturated carbocycles. The Morgan fingerprint density at radius 3 is 2.65 bits per heavy atom. The van der Waals surface area contributed by atoms with Gasteiger partial charge in [0.15, 0.2) is 0 Å². The first-order chi connectivity index (χ1) is 14.8. The summed E-state index contributed by atoms with van der Waals surface area (Å²) >= 11 is 0. The molecule has 160 valence electrons. The average molecular weight is 440 g/mol. The molecular formula is C20H20N6O4S. The zero-order chi connectivity index (χ0) is 22.0. The molecule has 2 N–H and O–H groups in total. The van der Waals surface area contributed by atoms with E-state index in [-0.39, 0.29) is 24.1 Å². The summed E-state index contributed by atoms with van der Waals surface area (Å²) in [5.41, 5.74) is 1.40. The Labute approximate surface area is 179 Å². The Morgan fingerprint density at radius 2 is 1.90 bits per heavy atom. The normalized spacial score (nSPS) is 17.8. The Bertz CT molecular complexity index is 1210. The van der Waals surface area contributed by atoms with Crippen molar-refractivity contribution in [3.63, 3.8) is 0 Å². The van der Waals surface area contributed by atoms with Crippen molar-refractivity contribution in [3.05, 3.63) is 66.7 Å². The molecule has 0 bridgehead atoms. The first-order valence-corrected chi connectivity index (χ1v) is 11.1. The van der Waals surface area contributed by atoms with E-state index in [9.17, 15) is 18.0 Å². The Kier molecular flexibility index (Phi) is 5.42. The number of hydrogen-bond donors (Lipinski definition) is 2. The lowest BCUT2D eigenvalue weighted by atomic mass is 10.1. The van der Waals surface area contributed by atoms with Gasteiger partial charge in [0, 0.05) is 36.5 Å². The number of anilines is 2. The molecule has 11 heteroatoms. The maximum atomic E-state index is 12.7. The Morgan fingerprint density at radius 1 is 1.13 bits per heavy atom. The van der Waals surface area contributed by atoms with Gasteiger partial charge >= 0.3 is 0 Å². The minimum atomic E-state index is -3.45. The van der Waals surface area contributed by atoms with Crippen LogP contribution in [0.1, 0.15) is 13.0 Å². The number of hydrogen-bond acceptors (Lipinski definition) is 6. The Balaban J connectivity index is 1.42. The number of nitrogens with one attached hydrogen (secondary N) is 2. The smallest absolute Gasteiger partial charge is 0.257 e. The van der Waals surface area contributed by atoms with Crippen LogP contribution >= 0.6 is 0 Å². The van der Waals surface area contributed by atoms with Gasteiger partial charge in [-0.05, 0) is 43.3 Å². The highest BCUT2D eigenvalue weighted by Crippen LogP contribution is 2.20. The summed E-state index contributed by atoms with van der Waals surface area (Å²) in [5.74, 6) is -0.415. The molecule has 0 saturated heterocycles. The van der Waals surface area contributed by atoms with Crippen molar-refractivity contribution in [2.45, 2.75) is 13.0 Å². The molecule has 0 fully saturated rings. The molecule has 4 rings (SSSR count). The summed E-state index contributed by atoms with van der Waals surface area (Å²) in [4.78, 5) is 26.7. The molecule has 31 heavy (non-hydrogen) atoms. The van der Waals surface area contributed by atoms with E-state index in [0.29, 0.717) is 22.8 Å². The van der Waals surface area contributed by atoms with E-state index in [1.807, 2.05) is 0 Å². The molecule has 2 aliphatic rings. The monoisotopic (exact) mass is 440 g/mol. The summed E-state index contributed by atoms with van der Waals surface area (Å²) in [6.07, 6.45) is 7.90. The third kappa shape index (κ3) is 4.72. The maximum Gasteiger partial charge on any atom is 0.257 e. The van der Waals surface area contributed by atoms with Crippen LogP contribution in [0.25, 0.3) is 0 Å². The van der Waals surface area contributed by atoms with Gasteiger partial charge in [0.2, 0.25) is 5.91 Å². The molecule has 0 radical (unpaired) electrons. The molecule has 1 atom stereocenters. The van der Waals surface area contributed by atoms with E-state index >= 15 is 0 Å². The molecule has 1 aromatic heterocycles. The summed E-state index contributed by atoms with van der Waals surface area (Å²) < 4.78 is 28.4. The Hall–Kier alpha value is -3.73. The number of fused-ring (bicyclic) bond motifs is 1. The largest absolute Gasteiger partial charge is 0.330 e. The van der Waals surface area contributed by atoms with Crippen molar-refractivity contribution in [3.8, 4) is 0 Å². The predicted molar refractivity (Wildman–Crippen MR) is 116 cm³/mol. The maximum absolute atomic E-state index is 12.7. The molecule has 2 aliphatic heterocycles. The highest BCUT2D eigenvalue weighted by Gasteiger charge is 2.25. The van der Waals surface area contributed by atoms with Gasteiger partial charge < -0.3 is 15.5 Å². The standard InChI is InChI=1S/C20H20N6O4S/c1-14(26-9-3-8-21-26)19(27)22-16-4-2-5-17(12-16)23-20(28)15-6-7-18-24-31(29,30)11-10-25(18)13-15/h2-9,12-14H,10-11H2,1H3,(H,22,27)(H,23,28). The number of carbonyl (C=O) groups excluding carboxylic acids is 2. The van der Waals surface area contributed by atoms with Gasteiger partial charge in [-0.2, -0.15) is 5.10 Å². The molecule has 10 nitrogen and oxygen atoms in total. The van der Waals surface area contributed by atoms with Crippen LogP contribution < -0.4 is 10.6 Å². The number of sulfonamides is 1. The number of aromatic nitrogens is 2. The second kappa shape index (κ2) is 8.19. The fourth-order valence-electron chi connectivity index (χ4n) is 3.09. The summed E-state index contributed by atoms with van der Waals surface area (Å²) in [7, 11) is -3.45. The number of carbonyl (C=O) groups is 2.